The van der Waals surface area contributed by atoms with Gasteiger partial charge in [0.05, 0.1) is 27.0 Å². The third kappa shape index (κ3) is 4.77. The van der Waals surface area contributed by atoms with Crippen molar-refractivity contribution >= 4 is 16.9 Å². The van der Waals surface area contributed by atoms with Gasteiger partial charge in [-0.2, -0.15) is 5.10 Å². The molecule has 3 heterocycles. The second kappa shape index (κ2) is 10.6. The van der Waals surface area contributed by atoms with Gasteiger partial charge in [0, 0.05) is 62.7 Å². The number of aromatic amines is 1. The number of carbonyl (C=O) groups excluding carboxylic acids is 1. The number of hydrogen-bond donors (Lipinski definition) is 1. The summed E-state index contributed by atoms with van der Waals surface area (Å²) >= 11 is 0. The standard InChI is InChI=1S/C26H35N5O5/c1-16-19(26(33)27-25-22(16)17(2)28-29(25)3)8-10-21(32)31-13-11-30(12-14-31)15-18-7-9-20(34-4)24(36-6)23(18)35-5/h7,9H,8,10-15H2,1-6H3,(H,27,33). The van der Waals surface area contributed by atoms with Crippen LogP contribution in [0.1, 0.15) is 28.8 Å². The van der Waals surface area contributed by atoms with Crippen molar-refractivity contribution in [2.45, 2.75) is 33.2 Å². The van der Waals surface area contributed by atoms with Crippen LogP contribution in [-0.4, -0.2) is 78.0 Å². The Bertz CT molecular complexity index is 1320. The minimum Gasteiger partial charge on any atom is -0.493 e. The number of aromatic nitrogens is 3. The maximum Gasteiger partial charge on any atom is 0.253 e. The van der Waals surface area contributed by atoms with Gasteiger partial charge in [0.25, 0.3) is 5.56 Å². The third-order valence-corrected chi connectivity index (χ3v) is 7.05. The van der Waals surface area contributed by atoms with Gasteiger partial charge in [-0.1, -0.05) is 6.07 Å². The highest BCUT2D eigenvalue weighted by molar-refractivity contribution is 5.83. The number of pyridine rings is 1. The molecule has 10 heteroatoms. The van der Waals surface area contributed by atoms with E-state index in [2.05, 4.69) is 15.0 Å². The van der Waals surface area contributed by atoms with Crippen molar-refractivity contribution in [2.75, 3.05) is 47.5 Å². The Morgan fingerprint density at radius 2 is 1.72 bits per heavy atom. The highest BCUT2D eigenvalue weighted by atomic mass is 16.5. The number of methoxy groups -OCH3 is 3. The Kier molecular flexibility index (Phi) is 7.53. The van der Waals surface area contributed by atoms with E-state index < -0.39 is 0 Å². The molecule has 36 heavy (non-hydrogen) atoms. The number of benzene rings is 1. The summed E-state index contributed by atoms with van der Waals surface area (Å²) in [4.78, 5) is 32.8. The van der Waals surface area contributed by atoms with Crippen LogP contribution in [0.5, 0.6) is 17.2 Å². The van der Waals surface area contributed by atoms with Crippen molar-refractivity contribution in [3.8, 4) is 17.2 Å². The van der Waals surface area contributed by atoms with Crippen molar-refractivity contribution in [2.24, 2.45) is 7.05 Å². The number of nitrogens with zero attached hydrogens (tertiary/aromatic N) is 4. The first-order chi connectivity index (χ1) is 17.3. The number of piperazine rings is 1. The molecular weight excluding hydrogens is 462 g/mol. The van der Waals surface area contributed by atoms with Crippen molar-refractivity contribution < 1.29 is 19.0 Å². The predicted molar refractivity (Wildman–Crippen MR) is 137 cm³/mol. The number of hydrogen-bond acceptors (Lipinski definition) is 7. The van der Waals surface area contributed by atoms with E-state index in [4.69, 9.17) is 14.2 Å². The van der Waals surface area contributed by atoms with Gasteiger partial charge in [0.2, 0.25) is 11.7 Å². The summed E-state index contributed by atoms with van der Waals surface area (Å²) in [7, 11) is 6.63. The first kappa shape index (κ1) is 25.6. The Morgan fingerprint density at radius 3 is 2.36 bits per heavy atom. The zero-order valence-corrected chi connectivity index (χ0v) is 21.9. The van der Waals surface area contributed by atoms with Crippen molar-refractivity contribution in [3.63, 3.8) is 0 Å². The molecule has 1 N–H and O–H groups in total. The van der Waals surface area contributed by atoms with E-state index in [0.717, 1.165) is 35.3 Å². The largest absolute Gasteiger partial charge is 0.493 e. The molecule has 194 valence electrons. The molecule has 0 aliphatic carbocycles. The molecule has 0 atom stereocenters. The fourth-order valence-electron chi connectivity index (χ4n) is 5.13. The van der Waals surface area contributed by atoms with E-state index in [1.807, 2.05) is 37.9 Å². The fraction of sp³-hybridized carbons (Fsp3) is 0.500. The van der Waals surface area contributed by atoms with Crippen molar-refractivity contribution in [3.05, 3.63) is 44.9 Å². The van der Waals surface area contributed by atoms with Crippen LogP contribution in [0.2, 0.25) is 0 Å². The highest BCUT2D eigenvalue weighted by Crippen LogP contribution is 2.40. The fourth-order valence-corrected chi connectivity index (χ4v) is 5.13. The lowest BCUT2D eigenvalue weighted by Crippen LogP contribution is -2.48. The van der Waals surface area contributed by atoms with E-state index in [9.17, 15) is 9.59 Å². The number of aryl methyl sites for hydroxylation is 3. The van der Waals surface area contributed by atoms with Crippen LogP contribution < -0.4 is 19.8 Å². The second-order valence-corrected chi connectivity index (χ2v) is 9.14. The van der Waals surface area contributed by atoms with Gasteiger partial charge in [-0.05, 0) is 31.9 Å². The quantitative estimate of drug-likeness (QED) is 0.509. The third-order valence-electron chi connectivity index (χ3n) is 7.05. The lowest BCUT2D eigenvalue weighted by molar-refractivity contribution is -0.133. The van der Waals surface area contributed by atoms with Crippen LogP contribution in [0.4, 0.5) is 0 Å². The molecule has 1 fully saturated rings. The summed E-state index contributed by atoms with van der Waals surface area (Å²) in [5.41, 5.74) is 4.01. The van der Waals surface area contributed by atoms with Gasteiger partial charge in [-0.15, -0.1) is 0 Å². The Labute approximate surface area is 210 Å². The zero-order valence-electron chi connectivity index (χ0n) is 21.9. The van der Waals surface area contributed by atoms with Crippen LogP contribution in [0.25, 0.3) is 11.0 Å². The predicted octanol–water partition coefficient (Wildman–Crippen LogP) is 2.18. The highest BCUT2D eigenvalue weighted by Gasteiger charge is 2.24. The SMILES string of the molecule is COc1ccc(CN2CCN(C(=O)CCc3c(C)c4c(C)nn(C)c4[nH]c3=O)CC2)c(OC)c1OC. The number of H-pyrrole nitrogens is 1. The molecule has 0 spiro atoms. The summed E-state index contributed by atoms with van der Waals surface area (Å²) in [5.74, 6) is 1.94. The number of amides is 1. The summed E-state index contributed by atoms with van der Waals surface area (Å²) < 4.78 is 18.2. The topological polar surface area (TPSA) is 102 Å². The van der Waals surface area contributed by atoms with Gasteiger partial charge >= 0.3 is 0 Å². The van der Waals surface area contributed by atoms with Gasteiger partial charge in [-0.25, -0.2) is 0 Å². The molecule has 0 saturated carbocycles. The molecule has 0 bridgehead atoms. The van der Waals surface area contributed by atoms with E-state index in [0.29, 0.717) is 60.9 Å². The first-order valence-electron chi connectivity index (χ1n) is 12.1. The van der Waals surface area contributed by atoms with Crippen LogP contribution in [0.3, 0.4) is 0 Å². The minimum atomic E-state index is -0.149. The van der Waals surface area contributed by atoms with Crippen LogP contribution in [-0.2, 0) is 24.8 Å². The number of fused-ring (bicyclic) bond motifs is 1. The Balaban J connectivity index is 1.37. The number of nitrogens with one attached hydrogen (secondary N) is 1. The molecular formula is C26H35N5O5. The molecule has 10 nitrogen and oxygen atoms in total. The second-order valence-electron chi connectivity index (χ2n) is 9.14. The molecule has 1 saturated heterocycles. The molecule has 1 aromatic carbocycles. The minimum absolute atomic E-state index is 0.0696. The van der Waals surface area contributed by atoms with Crippen molar-refractivity contribution in [1.29, 1.82) is 0 Å². The average molecular weight is 498 g/mol. The smallest absolute Gasteiger partial charge is 0.253 e. The number of carbonyl (C=O) groups is 1. The maximum atomic E-state index is 13.0. The average Bonchev–Trinajstić information content (AvgIpc) is 3.16. The van der Waals surface area contributed by atoms with E-state index in [1.54, 1.807) is 26.0 Å². The summed E-state index contributed by atoms with van der Waals surface area (Å²) in [6.07, 6.45) is 0.714. The van der Waals surface area contributed by atoms with Crippen LogP contribution in [0.15, 0.2) is 16.9 Å². The summed E-state index contributed by atoms with van der Waals surface area (Å²) in [6, 6.07) is 3.86. The maximum absolute atomic E-state index is 13.0. The lowest BCUT2D eigenvalue weighted by atomic mass is 10.0. The Hall–Kier alpha value is -3.53. The molecule has 0 radical (unpaired) electrons. The Morgan fingerprint density at radius 1 is 1.03 bits per heavy atom. The van der Waals surface area contributed by atoms with Gasteiger partial charge in [-0.3, -0.25) is 19.2 Å². The molecule has 1 aliphatic heterocycles. The van der Waals surface area contributed by atoms with Gasteiger partial charge < -0.3 is 24.1 Å². The first-order valence-corrected chi connectivity index (χ1v) is 12.1. The normalized spacial score (nSPS) is 14.3. The molecule has 2 aromatic heterocycles. The summed E-state index contributed by atoms with van der Waals surface area (Å²) in [5, 5.41) is 5.37. The van der Waals surface area contributed by atoms with E-state index >= 15 is 0 Å². The number of rotatable bonds is 8. The molecule has 4 rings (SSSR count). The van der Waals surface area contributed by atoms with Gasteiger partial charge in [0.1, 0.15) is 5.65 Å². The lowest BCUT2D eigenvalue weighted by Gasteiger charge is -2.35. The molecule has 0 unspecified atom stereocenters. The number of ether oxygens (including phenoxy) is 3. The zero-order chi connectivity index (χ0) is 26.0. The van der Waals surface area contributed by atoms with Gasteiger partial charge in [0.15, 0.2) is 11.5 Å². The molecule has 1 aliphatic rings. The van der Waals surface area contributed by atoms with Crippen LogP contribution >= 0.6 is 0 Å². The van der Waals surface area contributed by atoms with E-state index in [-0.39, 0.29) is 11.5 Å². The molecule has 1 amide bonds. The van der Waals surface area contributed by atoms with E-state index in [1.165, 1.54) is 0 Å². The monoisotopic (exact) mass is 497 g/mol. The molecule has 3 aromatic rings. The summed E-state index contributed by atoms with van der Waals surface area (Å²) in [6.45, 7) is 7.35. The van der Waals surface area contributed by atoms with Crippen molar-refractivity contribution in [1.82, 2.24) is 24.6 Å². The van der Waals surface area contributed by atoms with Crippen LogP contribution in [0, 0.1) is 13.8 Å².